The minimum absolute atomic E-state index is 0.367. The molecule has 0 unspecified atom stereocenters. The lowest BCUT2D eigenvalue weighted by Crippen LogP contribution is -2.45. The third kappa shape index (κ3) is 5.43. The molecule has 1 rings (SSSR count). The molecule has 114 valence electrons. The van der Waals surface area contributed by atoms with Crippen LogP contribution in [-0.4, -0.2) is 35.5 Å². The van der Waals surface area contributed by atoms with Crippen LogP contribution < -0.4 is 15.8 Å². The van der Waals surface area contributed by atoms with Crippen LogP contribution in [0.4, 0.5) is 8.78 Å². The van der Waals surface area contributed by atoms with Crippen molar-refractivity contribution >= 4 is 17.8 Å². The lowest BCUT2D eigenvalue weighted by atomic mass is 10.2. The van der Waals surface area contributed by atoms with E-state index in [1.807, 2.05) is 5.32 Å². The second-order valence-electron chi connectivity index (χ2n) is 3.99. The zero-order valence-electron chi connectivity index (χ0n) is 10.6. The minimum Gasteiger partial charge on any atom is -0.481 e. The molecule has 21 heavy (non-hydrogen) atoms. The van der Waals surface area contributed by atoms with Crippen LogP contribution in [0.25, 0.3) is 0 Å². The van der Waals surface area contributed by atoms with E-state index in [9.17, 15) is 23.2 Å². The van der Waals surface area contributed by atoms with Gasteiger partial charge in [-0.3, -0.25) is 9.59 Å². The lowest BCUT2D eigenvalue weighted by molar-refractivity contribution is -0.143. The van der Waals surface area contributed by atoms with E-state index in [4.69, 9.17) is 15.6 Å². The topological polar surface area (TPSA) is 119 Å². The average Bonchev–Trinajstić information content (AvgIpc) is 2.36. The largest absolute Gasteiger partial charge is 0.481 e. The Kier molecular flexibility index (Phi) is 5.58. The number of nitrogens with two attached hydrogens (primary N) is 1. The molecule has 1 atom stereocenters. The van der Waals surface area contributed by atoms with Gasteiger partial charge in [0.25, 0.3) is 5.91 Å². The molecule has 1 aromatic rings. The number of rotatable bonds is 7. The van der Waals surface area contributed by atoms with Gasteiger partial charge >= 0.3 is 5.97 Å². The van der Waals surface area contributed by atoms with E-state index < -0.39 is 48.5 Å². The quantitative estimate of drug-likeness (QED) is 0.644. The van der Waals surface area contributed by atoms with Crippen LogP contribution in [0.15, 0.2) is 18.2 Å². The maximum Gasteiger partial charge on any atom is 0.326 e. The maximum absolute atomic E-state index is 13.2. The van der Waals surface area contributed by atoms with E-state index in [1.165, 1.54) is 0 Å². The van der Waals surface area contributed by atoms with Gasteiger partial charge in [-0.1, -0.05) is 0 Å². The Morgan fingerprint density at radius 2 is 2.00 bits per heavy atom. The summed E-state index contributed by atoms with van der Waals surface area (Å²) >= 11 is 0. The second kappa shape index (κ2) is 7.17. The summed E-state index contributed by atoms with van der Waals surface area (Å²) in [6, 6.07) is 0.983. The number of carboxylic acids is 1. The zero-order chi connectivity index (χ0) is 16.0. The molecule has 0 saturated carbocycles. The molecular weight excluding hydrogens is 290 g/mol. The molecule has 0 aliphatic heterocycles. The summed E-state index contributed by atoms with van der Waals surface area (Å²) in [4.78, 5) is 32.9. The van der Waals surface area contributed by atoms with Gasteiger partial charge in [0.1, 0.15) is 11.9 Å². The van der Waals surface area contributed by atoms with Crippen LogP contribution in [0.5, 0.6) is 5.75 Å². The molecule has 2 amide bonds. The maximum atomic E-state index is 13.2. The number of carbonyl (C=O) groups is 3. The summed E-state index contributed by atoms with van der Waals surface area (Å²) < 4.78 is 30.6. The smallest absolute Gasteiger partial charge is 0.326 e. The number of carbonyl (C=O) groups excluding carboxylic acids is 2. The first-order valence-electron chi connectivity index (χ1n) is 5.68. The number of nitrogens with one attached hydrogen (secondary N) is 1. The zero-order valence-corrected chi connectivity index (χ0v) is 10.6. The van der Waals surface area contributed by atoms with Crippen molar-refractivity contribution in [3.63, 3.8) is 0 Å². The van der Waals surface area contributed by atoms with E-state index in [-0.39, 0.29) is 5.75 Å². The van der Waals surface area contributed by atoms with Crippen LogP contribution in [0.1, 0.15) is 6.42 Å². The highest BCUT2D eigenvalue weighted by Gasteiger charge is 2.22. The highest BCUT2D eigenvalue weighted by molar-refractivity contribution is 5.88. The van der Waals surface area contributed by atoms with Gasteiger partial charge in [0.05, 0.1) is 6.42 Å². The number of hydrogen-bond donors (Lipinski definition) is 3. The van der Waals surface area contributed by atoms with Crippen LogP contribution in [0.2, 0.25) is 0 Å². The average molecular weight is 302 g/mol. The van der Waals surface area contributed by atoms with Crippen molar-refractivity contribution in [2.24, 2.45) is 5.73 Å². The number of ether oxygens (including phenoxy) is 1. The van der Waals surface area contributed by atoms with Crippen molar-refractivity contribution in [1.82, 2.24) is 5.32 Å². The van der Waals surface area contributed by atoms with Crippen molar-refractivity contribution in [2.75, 3.05) is 6.61 Å². The fourth-order valence-electron chi connectivity index (χ4n) is 1.37. The molecule has 0 radical (unpaired) electrons. The lowest BCUT2D eigenvalue weighted by Gasteiger charge is -2.13. The molecule has 0 aliphatic rings. The summed E-state index contributed by atoms with van der Waals surface area (Å²) in [6.45, 7) is -0.703. The summed E-state index contributed by atoms with van der Waals surface area (Å²) in [7, 11) is 0. The van der Waals surface area contributed by atoms with Gasteiger partial charge in [-0.2, -0.15) is 0 Å². The second-order valence-corrected chi connectivity index (χ2v) is 3.99. The molecule has 0 fully saturated rings. The molecule has 0 aromatic heterocycles. The van der Waals surface area contributed by atoms with E-state index in [0.717, 1.165) is 12.1 Å². The van der Waals surface area contributed by atoms with E-state index in [2.05, 4.69) is 0 Å². The van der Waals surface area contributed by atoms with Crippen molar-refractivity contribution in [3.8, 4) is 5.75 Å². The van der Waals surface area contributed by atoms with Gasteiger partial charge in [0, 0.05) is 6.07 Å². The molecule has 9 heteroatoms. The van der Waals surface area contributed by atoms with Crippen molar-refractivity contribution in [1.29, 1.82) is 0 Å². The van der Waals surface area contributed by atoms with Crippen LogP contribution in [0.3, 0.4) is 0 Å². The first-order chi connectivity index (χ1) is 9.79. The molecule has 1 aromatic carbocycles. The van der Waals surface area contributed by atoms with Crippen LogP contribution in [0, 0.1) is 11.6 Å². The first kappa shape index (κ1) is 16.3. The fourth-order valence-corrected chi connectivity index (χ4v) is 1.37. The molecule has 0 bridgehead atoms. The van der Waals surface area contributed by atoms with Gasteiger partial charge in [-0.25, -0.2) is 13.6 Å². The molecule has 0 spiro atoms. The molecule has 0 aliphatic carbocycles. The highest BCUT2D eigenvalue weighted by Crippen LogP contribution is 2.17. The Bertz CT molecular complexity index is 565. The number of carboxylic acid groups (broad SMARTS) is 1. The highest BCUT2D eigenvalue weighted by atomic mass is 19.1. The normalized spacial score (nSPS) is 11.5. The summed E-state index contributed by atoms with van der Waals surface area (Å²) in [5, 5.41) is 10.8. The van der Waals surface area contributed by atoms with Crippen LogP contribution >= 0.6 is 0 Å². The van der Waals surface area contributed by atoms with Gasteiger partial charge in [0.2, 0.25) is 5.91 Å². The predicted octanol–water partition coefficient (Wildman–Crippen LogP) is -0.212. The van der Waals surface area contributed by atoms with E-state index in [0.29, 0.717) is 6.07 Å². The van der Waals surface area contributed by atoms with Crippen molar-refractivity contribution < 1.29 is 33.0 Å². The van der Waals surface area contributed by atoms with Crippen molar-refractivity contribution in [3.05, 3.63) is 29.8 Å². The Morgan fingerprint density at radius 1 is 1.33 bits per heavy atom. The van der Waals surface area contributed by atoms with E-state index in [1.54, 1.807) is 0 Å². The van der Waals surface area contributed by atoms with Gasteiger partial charge in [-0.15, -0.1) is 0 Å². The third-order valence-corrected chi connectivity index (χ3v) is 2.29. The van der Waals surface area contributed by atoms with Gasteiger partial charge in [0.15, 0.2) is 18.2 Å². The number of amides is 2. The summed E-state index contributed by atoms with van der Waals surface area (Å²) in [5.41, 5.74) is 4.84. The number of primary amides is 1. The standard InChI is InChI=1S/C12H12F2N2O5/c13-6-1-2-9(7(14)3-6)21-5-11(18)16-8(12(19)20)4-10(15)17/h1-3,8H,4-5H2,(H2,15,17)(H,16,18)(H,19,20)/t8-/m0/s1. The molecule has 4 N–H and O–H groups in total. The fraction of sp³-hybridized carbons (Fsp3) is 0.250. The Morgan fingerprint density at radius 3 is 2.52 bits per heavy atom. The summed E-state index contributed by atoms with van der Waals surface area (Å²) in [5.74, 6) is -5.43. The Balaban J connectivity index is 2.56. The number of benzene rings is 1. The predicted molar refractivity (Wildman–Crippen MR) is 65.2 cm³/mol. The van der Waals surface area contributed by atoms with Gasteiger partial charge < -0.3 is 20.9 Å². The number of halogens is 2. The first-order valence-corrected chi connectivity index (χ1v) is 5.68. The van der Waals surface area contributed by atoms with E-state index >= 15 is 0 Å². The third-order valence-electron chi connectivity index (χ3n) is 2.29. The monoisotopic (exact) mass is 302 g/mol. The number of hydrogen-bond acceptors (Lipinski definition) is 4. The number of aliphatic carboxylic acids is 1. The van der Waals surface area contributed by atoms with Gasteiger partial charge in [-0.05, 0) is 12.1 Å². The molecule has 0 heterocycles. The SMILES string of the molecule is NC(=O)C[C@H](NC(=O)COc1ccc(F)cc1F)C(=O)O. The summed E-state index contributed by atoms with van der Waals surface area (Å²) in [6.07, 6.45) is -0.591. The minimum atomic E-state index is -1.50. The Labute approximate surface area is 117 Å². The van der Waals surface area contributed by atoms with Crippen molar-refractivity contribution in [2.45, 2.75) is 12.5 Å². The Hall–Kier alpha value is -2.71. The van der Waals surface area contributed by atoms with Crippen LogP contribution in [-0.2, 0) is 14.4 Å². The molecular formula is C12H12F2N2O5. The molecule has 7 nitrogen and oxygen atoms in total. The molecule has 0 saturated heterocycles.